The SMILES string of the molecule is Cc1ccsc1CNC(=O)N1CCC[C@@H](C(=O)O)C1. The Kier molecular flexibility index (Phi) is 4.42. The third-order valence-electron chi connectivity index (χ3n) is 3.43. The van der Waals surface area contributed by atoms with Crippen molar-refractivity contribution in [3.63, 3.8) is 0 Å². The van der Waals surface area contributed by atoms with E-state index in [2.05, 4.69) is 5.32 Å². The van der Waals surface area contributed by atoms with E-state index in [4.69, 9.17) is 5.11 Å². The Bertz CT molecular complexity index is 472. The minimum absolute atomic E-state index is 0.168. The number of carbonyl (C=O) groups is 2. The number of carbonyl (C=O) groups excluding carboxylic acids is 1. The molecule has 0 aromatic carbocycles. The highest BCUT2D eigenvalue weighted by atomic mass is 32.1. The molecule has 2 N–H and O–H groups in total. The topological polar surface area (TPSA) is 69.6 Å². The summed E-state index contributed by atoms with van der Waals surface area (Å²) in [6.07, 6.45) is 1.41. The van der Waals surface area contributed by atoms with Gasteiger partial charge in [0.25, 0.3) is 0 Å². The molecule has 5 nitrogen and oxygen atoms in total. The zero-order valence-corrected chi connectivity index (χ0v) is 11.7. The Morgan fingerprint density at radius 2 is 2.37 bits per heavy atom. The van der Waals surface area contributed by atoms with Gasteiger partial charge in [-0.2, -0.15) is 0 Å². The van der Waals surface area contributed by atoms with Gasteiger partial charge in [-0.3, -0.25) is 4.79 Å². The monoisotopic (exact) mass is 282 g/mol. The summed E-state index contributed by atoms with van der Waals surface area (Å²) >= 11 is 1.62. The second kappa shape index (κ2) is 6.06. The predicted molar refractivity (Wildman–Crippen MR) is 73.2 cm³/mol. The van der Waals surface area contributed by atoms with Crippen molar-refractivity contribution in [1.82, 2.24) is 10.2 Å². The summed E-state index contributed by atoms with van der Waals surface area (Å²) in [5.41, 5.74) is 1.17. The number of hydrogen-bond donors (Lipinski definition) is 2. The van der Waals surface area contributed by atoms with Crippen LogP contribution in [0.1, 0.15) is 23.3 Å². The average molecular weight is 282 g/mol. The number of likely N-dealkylation sites (tertiary alicyclic amines) is 1. The number of carboxylic acids is 1. The summed E-state index contributed by atoms with van der Waals surface area (Å²) in [5, 5.41) is 13.9. The molecular weight excluding hydrogens is 264 g/mol. The van der Waals surface area contributed by atoms with Crippen molar-refractivity contribution in [1.29, 1.82) is 0 Å². The molecule has 1 saturated heterocycles. The largest absolute Gasteiger partial charge is 0.481 e. The minimum Gasteiger partial charge on any atom is -0.481 e. The molecule has 1 aliphatic rings. The fourth-order valence-electron chi connectivity index (χ4n) is 2.22. The molecule has 2 rings (SSSR count). The number of nitrogens with one attached hydrogen (secondary N) is 1. The van der Waals surface area contributed by atoms with Crippen molar-refractivity contribution in [2.24, 2.45) is 5.92 Å². The number of aliphatic carboxylic acids is 1. The number of nitrogens with zero attached hydrogens (tertiary/aromatic N) is 1. The van der Waals surface area contributed by atoms with Crippen LogP contribution in [0.3, 0.4) is 0 Å². The summed E-state index contributed by atoms with van der Waals surface area (Å²) in [6, 6.07) is 1.85. The number of carboxylic acid groups (broad SMARTS) is 1. The zero-order valence-electron chi connectivity index (χ0n) is 10.9. The van der Waals surface area contributed by atoms with Crippen molar-refractivity contribution in [3.8, 4) is 0 Å². The van der Waals surface area contributed by atoms with E-state index < -0.39 is 11.9 Å². The zero-order chi connectivity index (χ0) is 13.8. The fraction of sp³-hybridized carbons (Fsp3) is 0.538. The van der Waals surface area contributed by atoms with Crippen molar-refractivity contribution >= 4 is 23.3 Å². The Labute approximate surface area is 116 Å². The van der Waals surface area contributed by atoms with Crippen molar-refractivity contribution < 1.29 is 14.7 Å². The van der Waals surface area contributed by atoms with Gasteiger partial charge in [0, 0.05) is 18.0 Å². The third-order valence-corrected chi connectivity index (χ3v) is 4.45. The van der Waals surface area contributed by atoms with Gasteiger partial charge in [0.15, 0.2) is 0 Å². The Hall–Kier alpha value is -1.56. The lowest BCUT2D eigenvalue weighted by Crippen LogP contribution is -2.46. The average Bonchev–Trinajstić information content (AvgIpc) is 2.81. The molecule has 19 heavy (non-hydrogen) atoms. The lowest BCUT2D eigenvalue weighted by atomic mass is 9.99. The summed E-state index contributed by atoms with van der Waals surface area (Å²) in [5.74, 6) is -1.24. The number of rotatable bonds is 3. The first-order valence-corrected chi connectivity index (χ1v) is 7.24. The number of aryl methyl sites for hydroxylation is 1. The first-order chi connectivity index (χ1) is 9.08. The van der Waals surface area contributed by atoms with Crippen LogP contribution in [0.2, 0.25) is 0 Å². The molecule has 1 aromatic rings. The molecule has 0 unspecified atom stereocenters. The van der Waals surface area contributed by atoms with Crippen LogP contribution in [0.5, 0.6) is 0 Å². The van der Waals surface area contributed by atoms with Gasteiger partial charge in [0.2, 0.25) is 0 Å². The second-order valence-corrected chi connectivity index (χ2v) is 5.81. The maximum atomic E-state index is 12.0. The Morgan fingerprint density at radius 1 is 1.58 bits per heavy atom. The lowest BCUT2D eigenvalue weighted by Gasteiger charge is -2.30. The van der Waals surface area contributed by atoms with Gasteiger partial charge in [0.1, 0.15) is 0 Å². The van der Waals surface area contributed by atoms with E-state index in [1.165, 1.54) is 5.56 Å². The summed E-state index contributed by atoms with van der Waals surface area (Å²) in [7, 11) is 0. The molecule has 2 heterocycles. The maximum Gasteiger partial charge on any atom is 0.317 e. The van der Waals surface area contributed by atoms with Crippen molar-refractivity contribution in [2.45, 2.75) is 26.3 Å². The molecule has 1 aromatic heterocycles. The summed E-state index contributed by atoms with van der Waals surface area (Å²) in [4.78, 5) is 25.7. The minimum atomic E-state index is -0.813. The van der Waals surface area contributed by atoms with Crippen LogP contribution in [-0.4, -0.2) is 35.1 Å². The van der Waals surface area contributed by atoms with E-state index in [0.29, 0.717) is 26.1 Å². The van der Waals surface area contributed by atoms with E-state index in [1.54, 1.807) is 16.2 Å². The molecule has 1 aliphatic heterocycles. The van der Waals surface area contributed by atoms with E-state index in [-0.39, 0.29) is 6.03 Å². The van der Waals surface area contributed by atoms with Gasteiger partial charge in [-0.15, -0.1) is 11.3 Å². The van der Waals surface area contributed by atoms with Crippen molar-refractivity contribution in [3.05, 3.63) is 21.9 Å². The normalized spacial score (nSPS) is 19.2. The van der Waals surface area contributed by atoms with Crippen molar-refractivity contribution in [2.75, 3.05) is 13.1 Å². The van der Waals surface area contributed by atoms with Gasteiger partial charge >= 0.3 is 12.0 Å². The van der Waals surface area contributed by atoms with Gasteiger partial charge in [-0.1, -0.05) is 0 Å². The van der Waals surface area contributed by atoms with Gasteiger partial charge in [-0.05, 0) is 36.8 Å². The number of amides is 2. The molecule has 6 heteroatoms. The smallest absolute Gasteiger partial charge is 0.317 e. The summed E-state index contributed by atoms with van der Waals surface area (Å²) in [6.45, 7) is 3.47. The molecule has 0 aliphatic carbocycles. The number of urea groups is 1. The van der Waals surface area contributed by atoms with Crippen LogP contribution in [0.4, 0.5) is 4.79 Å². The Morgan fingerprint density at radius 3 is 3.00 bits per heavy atom. The molecular formula is C13H18N2O3S. The fourth-order valence-corrected chi connectivity index (χ4v) is 3.06. The van der Waals surface area contributed by atoms with Gasteiger partial charge in [-0.25, -0.2) is 4.79 Å². The number of thiophene rings is 1. The molecule has 0 radical (unpaired) electrons. The first kappa shape index (κ1) is 13.9. The van der Waals surface area contributed by atoms with E-state index in [1.807, 2.05) is 18.4 Å². The lowest BCUT2D eigenvalue weighted by molar-refractivity contribution is -0.143. The standard InChI is InChI=1S/C13H18N2O3S/c1-9-4-6-19-11(9)7-14-13(18)15-5-2-3-10(8-15)12(16)17/h4,6,10H,2-3,5,7-8H2,1H3,(H,14,18)(H,16,17)/t10-/m1/s1. The highest BCUT2D eigenvalue weighted by Gasteiger charge is 2.27. The summed E-state index contributed by atoms with van der Waals surface area (Å²) < 4.78 is 0. The second-order valence-electron chi connectivity index (χ2n) is 4.81. The van der Waals surface area contributed by atoms with E-state index >= 15 is 0 Å². The predicted octanol–water partition coefficient (Wildman–Crippen LogP) is 2.06. The first-order valence-electron chi connectivity index (χ1n) is 6.36. The highest BCUT2D eigenvalue weighted by Crippen LogP contribution is 2.18. The third kappa shape index (κ3) is 3.47. The van der Waals surface area contributed by atoms with Crippen LogP contribution >= 0.6 is 11.3 Å². The molecule has 0 spiro atoms. The van der Waals surface area contributed by atoms with Gasteiger partial charge < -0.3 is 15.3 Å². The highest BCUT2D eigenvalue weighted by molar-refractivity contribution is 7.10. The van der Waals surface area contributed by atoms with E-state index in [0.717, 1.165) is 11.3 Å². The van der Waals surface area contributed by atoms with E-state index in [9.17, 15) is 9.59 Å². The molecule has 104 valence electrons. The molecule has 0 bridgehead atoms. The maximum absolute atomic E-state index is 12.0. The molecule has 1 fully saturated rings. The van der Waals surface area contributed by atoms with Crippen LogP contribution in [0.15, 0.2) is 11.4 Å². The molecule has 0 saturated carbocycles. The van der Waals surface area contributed by atoms with Crippen LogP contribution in [0.25, 0.3) is 0 Å². The van der Waals surface area contributed by atoms with Crippen LogP contribution < -0.4 is 5.32 Å². The quantitative estimate of drug-likeness (QED) is 0.891. The molecule has 2 amide bonds. The van der Waals surface area contributed by atoms with Crippen LogP contribution in [-0.2, 0) is 11.3 Å². The van der Waals surface area contributed by atoms with Gasteiger partial charge in [0.05, 0.1) is 12.5 Å². The van der Waals surface area contributed by atoms with Crippen LogP contribution in [0, 0.1) is 12.8 Å². The Balaban J connectivity index is 1.86. The molecule has 1 atom stereocenters. The number of hydrogen-bond acceptors (Lipinski definition) is 3. The number of piperidine rings is 1.